The molecule has 0 radical (unpaired) electrons. The van der Waals surface area contributed by atoms with Gasteiger partial charge in [0.15, 0.2) is 0 Å². The number of fused-ring (bicyclic) bond motifs is 1. The highest BCUT2D eigenvalue weighted by molar-refractivity contribution is 6.30. The highest BCUT2D eigenvalue weighted by atomic mass is 35.5. The third kappa shape index (κ3) is 3.67. The number of amides is 1. The lowest BCUT2D eigenvalue weighted by atomic mass is 10.1. The number of ether oxygens (including phenoxy) is 1. The lowest BCUT2D eigenvalue weighted by Gasteiger charge is -2.16. The molecule has 4 heteroatoms. The zero-order valence-corrected chi connectivity index (χ0v) is 12.5. The van der Waals surface area contributed by atoms with Gasteiger partial charge >= 0.3 is 0 Å². The minimum atomic E-state index is -0.0281. The largest absolute Gasteiger partial charge is 0.488 e. The minimum absolute atomic E-state index is 0.0281. The second-order valence-corrected chi connectivity index (χ2v) is 5.95. The van der Waals surface area contributed by atoms with E-state index in [2.05, 4.69) is 5.32 Å². The second kappa shape index (κ2) is 6.35. The van der Waals surface area contributed by atoms with Crippen molar-refractivity contribution in [3.05, 3.63) is 46.5 Å². The first-order valence-electron chi connectivity index (χ1n) is 7.32. The fourth-order valence-electron chi connectivity index (χ4n) is 2.76. The van der Waals surface area contributed by atoms with Gasteiger partial charge in [-0.1, -0.05) is 30.5 Å². The SMILES string of the molecule is O=C(C=CC1=Cc2cc(Cl)ccc2OC1)NC1CCCC1. The van der Waals surface area contributed by atoms with Crippen LogP contribution in [0.5, 0.6) is 5.75 Å². The van der Waals surface area contributed by atoms with Crippen LogP contribution >= 0.6 is 11.6 Å². The Hall–Kier alpha value is -1.74. The predicted molar refractivity (Wildman–Crippen MR) is 84.5 cm³/mol. The van der Waals surface area contributed by atoms with Crippen LogP contribution in [0, 0.1) is 0 Å². The molecule has 1 aromatic rings. The van der Waals surface area contributed by atoms with Gasteiger partial charge in [0.1, 0.15) is 12.4 Å². The molecule has 0 bridgehead atoms. The van der Waals surface area contributed by atoms with Gasteiger partial charge in [-0.2, -0.15) is 0 Å². The predicted octanol–water partition coefficient (Wildman–Crippen LogP) is 3.73. The first-order valence-corrected chi connectivity index (χ1v) is 7.70. The minimum Gasteiger partial charge on any atom is -0.488 e. The van der Waals surface area contributed by atoms with E-state index in [1.165, 1.54) is 12.8 Å². The van der Waals surface area contributed by atoms with Gasteiger partial charge in [0, 0.05) is 22.7 Å². The molecule has 3 rings (SSSR count). The van der Waals surface area contributed by atoms with Crippen LogP contribution in [0.4, 0.5) is 0 Å². The molecule has 2 aliphatic rings. The maximum Gasteiger partial charge on any atom is 0.244 e. The quantitative estimate of drug-likeness (QED) is 0.864. The van der Waals surface area contributed by atoms with E-state index in [-0.39, 0.29) is 5.91 Å². The molecule has 21 heavy (non-hydrogen) atoms. The molecule has 1 N–H and O–H groups in total. The number of nitrogens with one attached hydrogen (secondary N) is 1. The van der Waals surface area contributed by atoms with E-state index in [0.717, 1.165) is 29.7 Å². The molecule has 0 unspecified atom stereocenters. The Bertz CT molecular complexity index is 601. The van der Waals surface area contributed by atoms with Crippen LogP contribution in [0.15, 0.2) is 35.9 Å². The van der Waals surface area contributed by atoms with E-state index >= 15 is 0 Å². The van der Waals surface area contributed by atoms with Crippen molar-refractivity contribution in [2.75, 3.05) is 6.61 Å². The first kappa shape index (κ1) is 14.2. The van der Waals surface area contributed by atoms with Crippen molar-refractivity contribution < 1.29 is 9.53 Å². The summed E-state index contributed by atoms with van der Waals surface area (Å²) in [6, 6.07) is 5.88. The number of halogens is 1. The van der Waals surface area contributed by atoms with E-state index in [0.29, 0.717) is 17.7 Å². The zero-order valence-electron chi connectivity index (χ0n) is 11.8. The Morgan fingerprint density at radius 3 is 2.95 bits per heavy atom. The molecule has 1 saturated carbocycles. The summed E-state index contributed by atoms with van der Waals surface area (Å²) in [5.41, 5.74) is 1.91. The zero-order chi connectivity index (χ0) is 14.7. The number of hydrogen-bond donors (Lipinski definition) is 1. The van der Waals surface area contributed by atoms with Crippen LogP contribution in [-0.2, 0) is 4.79 Å². The molecular weight excluding hydrogens is 286 g/mol. The summed E-state index contributed by atoms with van der Waals surface area (Å²) in [6.45, 7) is 0.474. The Labute approximate surface area is 129 Å². The summed E-state index contributed by atoms with van der Waals surface area (Å²) in [4.78, 5) is 11.9. The van der Waals surface area contributed by atoms with Crippen molar-refractivity contribution >= 4 is 23.6 Å². The average molecular weight is 304 g/mol. The van der Waals surface area contributed by atoms with Crippen LogP contribution in [-0.4, -0.2) is 18.6 Å². The van der Waals surface area contributed by atoms with Gasteiger partial charge in [-0.25, -0.2) is 0 Å². The third-order valence-electron chi connectivity index (χ3n) is 3.86. The summed E-state index contributed by atoms with van der Waals surface area (Å²) < 4.78 is 5.65. The van der Waals surface area contributed by atoms with Crippen LogP contribution in [0.25, 0.3) is 6.08 Å². The van der Waals surface area contributed by atoms with Crippen molar-refractivity contribution in [2.24, 2.45) is 0 Å². The molecule has 0 atom stereocenters. The number of carbonyl (C=O) groups excluding carboxylic acids is 1. The van der Waals surface area contributed by atoms with Crippen molar-refractivity contribution in [1.29, 1.82) is 0 Å². The fourth-order valence-corrected chi connectivity index (χ4v) is 2.94. The van der Waals surface area contributed by atoms with Gasteiger partial charge in [0.25, 0.3) is 0 Å². The van der Waals surface area contributed by atoms with Crippen LogP contribution in [0.3, 0.4) is 0 Å². The number of rotatable bonds is 3. The van der Waals surface area contributed by atoms with Gasteiger partial charge in [0.2, 0.25) is 5.91 Å². The van der Waals surface area contributed by atoms with E-state index in [1.807, 2.05) is 30.4 Å². The average Bonchev–Trinajstić information content (AvgIpc) is 2.97. The molecule has 0 saturated heterocycles. The smallest absolute Gasteiger partial charge is 0.244 e. The molecule has 1 amide bonds. The maximum absolute atomic E-state index is 11.9. The Balaban J connectivity index is 1.64. The second-order valence-electron chi connectivity index (χ2n) is 5.51. The molecule has 3 nitrogen and oxygen atoms in total. The standard InChI is InChI=1S/C17H18ClNO2/c18-14-6-7-16-13(10-14)9-12(11-21-16)5-8-17(20)19-15-3-1-2-4-15/h5-10,15H,1-4,11H2,(H,19,20). The van der Waals surface area contributed by atoms with E-state index in [4.69, 9.17) is 16.3 Å². The van der Waals surface area contributed by atoms with Crippen molar-refractivity contribution in [1.82, 2.24) is 5.32 Å². The Morgan fingerprint density at radius 1 is 1.33 bits per heavy atom. The summed E-state index contributed by atoms with van der Waals surface area (Å²) in [5.74, 6) is 0.798. The van der Waals surface area contributed by atoms with Gasteiger partial charge in [0.05, 0.1) is 0 Å². The highest BCUT2D eigenvalue weighted by Crippen LogP contribution is 2.29. The lowest BCUT2D eigenvalue weighted by molar-refractivity contribution is -0.117. The van der Waals surface area contributed by atoms with Crippen molar-refractivity contribution in [3.8, 4) is 5.75 Å². The normalized spacial score (nSPS) is 18.2. The van der Waals surface area contributed by atoms with Gasteiger partial charge in [-0.3, -0.25) is 4.79 Å². The third-order valence-corrected chi connectivity index (χ3v) is 4.09. The molecule has 0 aromatic heterocycles. The van der Waals surface area contributed by atoms with Gasteiger partial charge in [-0.15, -0.1) is 0 Å². The molecular formula is C17H18ClNO2. The Kier molecular flexibility index (Phi) is 4.30. The molecule has 110 valence electrons. The highest BCUT2D eigenvalue weighted by Gasteiger charge is 2.16. The van der Waals surface area contributed by atoms with E-state index < -0.39 is 0 Å². The van der Waals surface area contributed by atoms with E-state index in [9.17, 15) is 4.79 Å². The van der Waals surface area contributed by atoms with Gasteiger partial charge in [-0.05, 0) is 42.7 Å². The summed E-state index contributed by atoms with van der Waals surface area (Å²) in [5, 5.41) is 3.71. The molecule has 0 spiro atoms. The van der Waals surface area contributed by atoms with Crippen LogP contribution < -0.4 is 10.1 Å². The van der Waals surface area contributed by atoms with Crippen LogP contribution in [0.2, 0.25) is 5.02 Å². The molecule has 1 aliphatic carbocycles. The van der Waals surface area contributed by atoms with E-state index in [1.54, 1.807) is 6.08 Å². The topological polar surface area (TPSA) is 38.3 Å². The fraction of sp³-hybridized carbons (Fsp3) is 0.353. The molecule has 1 heterocycles. The number of benzene rings is 1. The summed E-state index contributed by atoms with van der Waals surface area (Å²) >= 11 is 5.98. The maximum atomic E-state index is 11.9. The monoisotopic (exact) mass is 303 g/mol. The summed E-state index contributed by atoms with van der Waals surface area (Å²) in [6.07, 6.45) is 10.0. The first-order chi connectivity index (χ1) is 10.2. The van der Waals surface area contributed by atoms with Crippen LogP contribution in [0.1, 0.15) is 31.2 Å². The molecule has 1 aliphatic heterocycles. The summed E-state index contributed by atoms with van der Waals surface area (Å²) in [7, 11) is 0. The Morgan fingerprint density at radius 2 is 2.14 bits per heavy atom. The van der Waals surface area contributed by atoms with Gasteiger partial charge < -0.3 is 10.1 Å². The van der Waals surface area contributed by atoms with Crippen molar-refractivity contribution in [2.45, 2.75) is 31.7 Å². The lowest BCUT2D eigenvalue weighted by Crippen LogP contribution is -2.31. The number of hydrogen-bond acceptors (Lipinski definition) is 2. The molecule has 1 fully saturated rings. The molecule has 1 aromatic carbocycles. The van der Waals surface area contributed by atoms with Crippen molar-refractivity contribution in [3.63, 3.8) is 0 Å². The number of carbonyl (C=O) groups is 1.